The van der Waals surface area contributed by atoms with Crippen LogP contribution in [0.5, 0.6) is 0 Å². The maximum absolute atomic E-state index is 13.3. The Labute approximate surface area is 124 Å². The number of hydrogen-bond acceptors (Lipinski definition) is 1. The van der Waals surface area contributed by atoms with Gasteiger partial charge in [-0.15, -0.1) is 0 Å². The highest BCUT2D eigenvalue weighted by Crippen LogP contribution is 2.26. The molecule has 20 heavy (non-hydrogen) atoms. The number of nitrogens with one attached hydrogen (secondary N) is 1. The predicted octanol–water partition coefficient (Wildman–Crippen LogP) is 4.68. The quantitative estimate of drug-likeness (QED) is 0.843. The van der Waals surface area contributed by atoms with Crippen LogP contribution in [0.15, 0.2) is 42.5 Å². The summed E-state index contributed by atoms with van der Waals surface area (Å²) in [7, 11) is 0. The normalized spacial score (nSPS) is 12.4. The Morgan fingerprint density at radius 3 is 2.65 bits per heavy atom. The van der Waals surface area contributed by atoms with Crippen LogP contribution in [0.25, 0.3) is 0 Å². The van der Waals surface area contributed by atoms with E-state index in [0.717, 1.165) is 29.1 Å². The standard InChI is InChI=1S/C17H19ClFN/c1-3-20-17(11-13-6-4-7-14(19)10-13)15-8-5-9-16(18)12(15)2/h4-10,17,20H,3,11H2,1-2H3. The molecule has 0 spiro atoms. The minimum Gasteiger partial charge on any atom is -0.310 e. The number of likely N-dealkylation sites (N-methyl/N-ethyl adjacent to an activating group) is 1. The number of halogens is 2. The van der Waals surface area contributed by atoms with Crippen molar-refractivity contribution in [2.24, 2.45) is 0 Å². The molecule has 1 unspecified atom stereocenters. The smallest absolute Gasteiger partial charge is 0.123 e. The van der Waals surface area contributed by atoms with E-state index in [1.54, 1.807) is 12.1 Å². The second-order valence-electron chi connectivity index (χ2n) is 4.90. The van der Waals surface area contributed by atoms with Crippen molar-refractivity contribution in [3.8, 4) is 0 Å². The van der Waals surface area contributed by atoms with Crippen molar-refractivity contribution in [3.05, 3.63) is 70.0 Å². The first-order chi connectivity index (χ1) is 9.61. The zero-order valence-electron chi connectivity index (χ0n) is 11.8. The van der Waals surface area contributed by atoms with Gasteiger partial charge in [-0.1, -0.05) is 42.8 Å². The first-order valence-corrected chi connectivity index (χ1v) is 7.22. The lowest BCUT2D eigenvalue weighted by molar-refractivity contribution is 0.544. The van der Waals surface area contributed by atoms with E-state index in [1.807, 2.05) is 25.1 Å². The third-order valence-corrected chi connectivity index (χ3v) is 3.87. The zero-order valence-corrected chi connectivity index (χ0v) is 12.5. The van der Waals surface area contributed by atoms with E-state index >= 15 is 0 Å². The summed E-state index contributed by atoms with van der Waals surface area (Å²) in [6.07, 6.45) is 0.743. The first-order valence-electron chi connectivity index (χ1n) is 6.84. The molecule has 0 radical (unpaired) electrons. The highest BCUT2D eigenvalue weighted by atomic mass is 35.5. The lowest BCUT2D eigenvalue weighted by Crippen LogP contribution is -2.23. The van der Waals surface area contributed by atoms with Gasteiger partial charge in [0.05, 0.1) is 0 Å². The Kier molecular flexibility index (Phi) is 5.16. The van der Waals surface area contributed by atoms with Gasteiger partial charge in [-0.2, -0.15) is 0 Å². The van der Waals surface area contributed by atoms with Gasteiger partial charge in [0.1, 0.15) is 5.82 Å². The molecule has 0 saturated heterocycles. The van der Waals surface area contributed by atoms with Crippen LogP contribution in [-0.4, -0.2) is 6.54 Å². The molecule has 0 aromatic heterocycles. The van der Waals surface area contributed by atoms with Crippen molar-refractivity contribution < 1.29 is 4.39 Å². The molecule has 2 rings (SSSR count). The van der Waals surface area contributed by atoms with Crippen molar-refractivity contribution in [3.63, 3.8) is 0 Å². The van der Waals surface area contributed by atoms with Crippen LogP contribution in [0.2, 0.25) is 5.02 Å². The van der Waals surface area contributed by atoms with Crippen LogP contribution >= 0.6 is 11.6 Å². The molecule has 106 valence electrons. The van der Waals surface area contributed by atoms with Gasteiger partial charge in [-0.05, 0) is 54.8 Å². The van der Waals surface area contributed by atoms with E-state index in [9.17, 15) is 4.39 Å². The summed E-state index contributed by atoms with van der Waals surface area (Å²) in [5.74, 6) is -0.194. The fraction of sp³-hybridized carbons (Fsp3) is 0.294. The third-order valence-electron chi connectivity index (χ3n) is 3.46. The zero-order chi connectivity index (χ0) is 14.5. The number of hydrogen-bond donors (Lipinski definition) is 1. The molecule has 2 aromatic carbocycles. The molecular formula is C17H19ClFN. The Bertz CT molecular complexity index is 583. The van der Waals surface area contributed by atoms with E-state index in [4.69, 9.17) is 11.6 Å². The Balaban J connectivity index is 2.29. The van der Waals surface area contributed by atoms with Crippen LogP contribution in [0, 0.1) is 12.7 Å². The van der Waals surface area contributed by atoms with E-state index < -0.39 is 0 Å². The predicted molar refractivity (Wildman–Crippen MR) is 82.7 cm³/mol. The lowest BCUT2D eigenvalue weighted by Gasteiger charge is -2.21. The molecule has 0 aliphatic carbocycles. The van der Waals surface area contributed by atoms with E-state index in [-0.39, 0.29) is 11.9 Å². The number of benzene rings is 2. The fourth-order valence-corrected chi connectivity index (χ4v) is 2.62. The molecule has 0 amide bonds. The van der Waals surface area contributed by atoms with Crippen LogP contribution in [0.1, 0.15) is 29.7 Å². The summed E-state index contributed by atoms with van der Waals surface area (Å²) in [6, 6.07) is 12.8. The Morgan fingerprint density at radius 1 is 1.20 bits per heavy atom. The molecule has 1 atom stereocenters. The van der Waals surface area contributed by atoms with Crippen LogP contribution < -0.4 is 5.32 Å². The molecule has 3 heteroatoms. The fourth-order valence-electron chi connectivity index (χ4n) is 2.44. The van der Waals surface area contributed by atoms with Crippen molar-refractivity contribution >= 4 is 11.6 Å². The highest BCUT2D eigenvalue weighted by molar-refractivity contribution is 6.31. The van der Waals surface area contributed by atoms with Crippen molar-refractivity contribution in [2.75, 3.05) is 6.54 Å². The largest absolute Gasteiger partial charge is 0.310 e. The van der Waals surface area contributed by atoms with E-state index in [0.29, 0.717) is 0 Å². The summed E-state index contributed by atoms with van der Waals surface area (Å²) in [5.41, 5.74) is 3.23. The van der Waals surface area contributed by atoms with Gasteiger partial charge in [0.2, 0.25) is 0 Å². The van der Waals surface area contributed by atoms with Gasteiger partial charge in [0.15, 0.2) is 0 Å². The highest BCUT2D eigenvalue weighted by Gasteiger charge is 2.15. The monoisotopic (exact) mass is 291 g/mol. The summed E-state index contributed by atoms with van der Waals surface area (Å²) >= 11 is 6.20. The minimum atomic E-state index is -0.194. The Hall–Kier alpha value is -1.38. The molecule has 0 aliphatic rings. The van der Waals surface area contributed by atoms with Crippen molar-refractivity contribution in [1.29, 1.82) is 0 Å². The van der Waals surface area contributed by atoms with Gasteiger partial charge < -0.3 is 5.32 Å². The average molecular weight is 292 g/mol. The maximum Gasteiger partial charge on any atom is 0.123 e. The molecule has 2 aromatic rings. The molecule has 0 saturated carbocycles. The molecule has 1 N–H and O–H groups in total. The van der Waals surface area contributed by atoms with Crippen LogP contribution in [-0.2, 0) is 6.42 Å². The molecule has 0 heterocycles. The SMILES string of the molecule is CCNC(Cc1cccc(F)c1)c1cccc(Cl)c1C. The third kappa shape index (κ3) is 3.59. The summed E-state index contributed by atoms with van der Waals surface area (Å²) < 4.78 is 13.3. The van der Waals surface area contributed by atoms with Crippen molar-refractivity contribution in [1.82, 2.24) is 5.32 Å². The average Bonchev–Trinajstić information content (AvgIpc) is 2.42. The van der Waals surface area contributed by atoms with Crippen molar-refractivity contribution in [2.45, 2.75) is 26.3 Å². The van der Waals surface area contributed by atoms with Gasteiger partial charge in [0, 0.05) is 11.1 Å². The Morgan fingerprint density at radius 2 is 1.95 bits per heavy atom. The molecule has 0 bridgehead atoms. The summed E-state index contributed by atoms with van der Waals surface area (Å²) in [6.45, 7) is 4.94. The second-order valence-corrected chi connectivity index (χ2v) is 5.31. The summed E-state index contributed by atoms with van der Waals surface area (Å²) in [4.78, 5) is 0. The second kappa shape index (κ2) is 6.87. The van der Waals surface area contributed by atoms with Gasteiger partial charge in [-0.3, -0.25) is 0 Å². The maximum atomic E-state index is 13.3. The minimum absolute atomic E-state index is 0.139. The molecule has 1 nitrogen and oxygen atoms in total. The van der Waals surface area contributed by atoms with Gasteiger partial charge >= 0.3 is 0 Å². The van der Waals surface area contributed by atoms with E-state index in [2.05, 4.69) is 18.3 Å². The molecule has 0 aliphatic heterocycles. The van der Waals surface area contributed by atoms with Crippen LogP contribution in [0.4, 0.5) is 4.39 Å². The van der Waals surface area contributed by atoms with E-state index in [1.165, 1.54) is 11.6 Å². The van der Waals surface area contributed by atoms with Crippen LogP contribution in [0.3, 0.4) is 0 Å². The molecule has 0 fully saturated rings. The topological polar surface area (TPSA) is 12.0 Å². The molecular weight excluding hydrogens is 273 g/mol. The first kappa shape index (κ1) is 15.0. The summed E-state index contributed by atoms with van der Waals surface area (Å²) in [5, 5.41) is 4.22. The lowest BCUT2D eigenvalue weighted by atomic mass is 9.95. The van der Waals surface area contributed by atoms with Gasteiger partial charge in [-0.25, -0.2) is 4.39 Å². The number of rotatable bonds is 5. The van der Waals surface area contributed by atoms with Gasteiger partial charge in [0.25, 0.3) is 0 Å².